The third kappa shape index (κ3) is 6.20. The van der Waals surface area contributed by atoms with Crippen LogP contribution in [0.3, 0.4) is 0 Å². The van der Waals surface area contributed by atoms with Crippen molar-refractivity contribution in [3.8, 4) is 6.07 Å². The van der Waals surface area contributed by atoms with Crippen molar-refractivity contribution in [2.45, 2.75) is 44.8 Å². The molecule has 2 amide bonds. The van der Waals surface area contributed by atoms with E-state index in [1.807, 2.05) is 42.5 Å². The highest BCUT2D eigenvalue weighted by molar-refractivity contribution is 5.88. The smallest absolute Gasteiger partial charge is 0.316 e. The Morgan fingerprint density at radius 1 is 1.26 bits per heavy atom. The lowest BCUT2D eigenvalue weighted by Crippen LogP contribution is -2.47. The molecule has 2 aromatic carbocycles. The van der Waals surface area contributed by atoms with Gasteiger partial charge in [-0.25, -0.2) is 4.79 Å². The summed E-state index contributed by atoms with van der Waals surface area (Å²) in [7, 11) is 0. The maximum Gasteiger partial charge on any atom is 0.316 e. The lowest BCUT2D eigenvalue weighted by atomic mass is 9.99. The molecule has 0 aliphatic carbocycles. The maximum absolute atomic E-state index is 11.1. The first-order chi connectivity index (χ1) is 15.0. The van der Waals surface area contributed by atoms with Gasteiger partial charge in [-0.05, 0) is 74.7 Å². The van der Waals surface area contributed by atoms with Crippen LogP contribution in [-0.4, -0.2) is 42.6 Å². The van der Waals surface area contributed by atoms with E-state index < -0.39 is 6.03 Å². The van der Waals surface area contributed by atoms with Crippen LogP contribution in [0.4, 0.5) is 16.2 Å². The molecule has 1 saturated heterocycles. The zero-order valence-electron chi connectivity index (χ0n) is 18.1. The van der Waals surface area contributed by atoms with Gasteiger partial charge in [0.25, 0.3) is 0 Å². The minimum absolute atomic E-state index is 0.391. The van der Waals surface area contributed by atoms with E-state index in [0.717, 1.165) is 50.1 Å². The number of anilines is 2. The van der Waals surface area contributed by atoms with Crippen molar-refractivity contribution in [1.29, 1.82) is 5.26 Å². The summed E-state index contributed by atoms with van der Waals surface area (Å²) in [4.78, 5) is 16.1. The molecule has 1 atom stereocenters. The van der Waals surface area contributed by atoms with Crippen LogP contribution >= 0.6 is 0 Å². The number of hydrogen-bond acceptors (Lipinski definition) is 5. The molecule has 0 bridgehead atoms. The standard InChI is InChI=1S/C24H32N6O/c1-18(9-12-25)29-13-10-23(11-14-29)30(17-20-4-2-3-19(15-20)16-26)22-7-5-21(6-8-22)28-24(27)31/h2-8,15,18,23H,9-14,17,25H2,1H3,(H3,27,28,31). The van der Waals surface area contributed by atoms with Crippen molar-refractivity contribution < 1.29 is 4.79 Å². The summed E-state index contributed by atoms with van der Waals surface area (Å²) in [5, 5.41) is 11.9. The van der Waals surface area contributed by atoms with Gasteiger partial charge in [0, 0.05) is 43.1 Å². The molecule has 1 unspecified atom stereocenters. The van der Waals surface area contributed by atoms with Crippen LogP contribution in [0.2, 0.25) is 0 Å². The predicted molar refractivity (Wildman–Crippen MR) is 125 cm³/mol. The molecule has 164 valence electrons. The highest BCUT2D eigenvalue weighted by atomic mass is 16.2. The predicted octanol–water partition coefficient (Wildman–Crippen LogP) is 3.26. The quantitative estimate of drug-likeness (QED) is 0.607. The van der Waals surface area contributed by atoms with Gasteiger partial charge >= 0.3 is 6.03 Å². The van der Waals surface area contributed by atoms with Crippen LogP contribution in [0.5, 0.6) is 0 Å². The summed E-state index contributed by atoms with van der Waals surface area (Å²) in [6.45, 7) is 5.78. The number of amides is 2. The molecule has 5 N–H and O–H groups in total. The lowest BCUT2D eigenvalue weighted by molar-refractivity contribution is 0.154. The minimum Gasteiger partial charge on any atom is -0.364 e. The van der Waals surface area contributed by atoms with Gasteiger partial charge in [0.2, 0.25) is 0 Å². The largest absolute Gasteiger partial charge is 0.364 e. The molecule has 1 aliphatic heterocycles. The molecule has 1 aliphatic rings. The molecule has 1 heterocycles. The number of likely N-dealkylation sites (tertiary alicyclic amines) is 1. The molecule has 0 saturated carbocycles. The van der Waals surface area contributed by atoms with E-state index in [4.69, 9.17) is 11.5 Å². The van der Waals surface area contributed by atoms with Gasteiger partial charge in [0.05, 0.1) is 11.6 Å². The number of nitrogens with two attached hydrogens (primary N) is 2. The molecule has 0 spiro atoms. The van der Waals surface area contributed by atoms with Crippen molar-refractivity contribution in [2.24, 2.45) is 11.5 Å². The van der Waals surface area contributed by atoms with Gasteiger partial charge in [0.1, 0.15) is 0 Å². The normalized spacial score (nSPS) is 15.8. The summed E-state index contributed by atoms with van der Waals surface area (Å²) in [5.41, 5.74) is 14.5. The van der Waals surface area contributed by atoms with Crippen molar-refractivity contribution in [3.05, 3.63) is 59.7 Å². The lowest BCUT2D eigenvalue weighted by Gasteiger charge is -2.42. The molecular weight excluding hydrogens is 388 g/mol. The molecule has 0 aromatic heterocycles. The number of carbonyl (C=O) groups excluding carboxylic acids is 1. The summed E-state index contributed by atoms with van der Waals surface area (Å²) < 4.78 is 0. The van der Waals surface area contributed by atoms with E-state index in [1.165, 1.54) is 0 Å². The Morgan fingerprint density at radius 2 is 1.97 bits per heavy atom. The Hall–Kier alpha value is -3.08. The fourth-order valence-electron chi connectivity index (χ4n) is 4.31. The third-order valence-electron chi connectivity index (χ3n) is 6.02. The van der Waals surface area contributed by atoms with Gasteiger partial charge < -0.3 is 26.6 Å². The van der Waals surface area contributed by atoms with Crippen molar-refractivity contribution in [1.82, 2.24) is 4.90 Å². The van der Waals surface area contributed by atoms with Crippen LogP contribution in [0, 0.1) is 11.3 Å². The number of nitrogens with zero attached hydrogens (tertiary/aromatic N) is 3. The van der Waals surface area contributed by atoms with Gasteiger partial charge in [-0.15, -0.1) is 0 Å². The first-order valence-electron chi connectivity index (χ1n) is 10.9. The average Bonchev–Trinajstić information content (AvgIpc) is 2.78. The zero-order valence-corrected chi connectivity index (χ0v) is 18.1. The second kappa shape index (κ2) is 10.8. The monoisotopic (exact) mass is 420 g/mol. The van der Waals surface area contributed by atoms with Crippen LogP contribution in [0.15, 0.2) is 48.5 Å². The molecule has 3 rings (SSSR count). The van der Waals surface area contributed by atoms with Crippen LogP contribution in [-0.2, 0) is 6.54 Å². The third-order valence-corrected chi connectivity index (χ3v) is 6.02. The van der Waals surface area contributed by atoms with Crippen LogP contribution in [0.1, 0.15) is 37.3 Å². The topological polar surface area (TPSA) is 111 Å². The number of urea groups is 1. The minimum atomic E-state index is -0.572. The van der Waals surface area contributed by atoms with E-state index in [0.29, 0.717) is 29.9 Å². The number of nitriles is 1. The number of piperidine rings is 1. The van der Waals surface area contributed by atoms with Crippen LogP contribution in [0.25, 0.3) is 0 Å². The first-order valence-corrected chi connectivity index (χ1v) is 10.9. The second-order valence-corrected chi connectivity index (χ2v) is 8.17. The van der Waals surface area contributed by atoms with E-state index >= 15 is 0 Å². The Balaban J connectivity index is 1.79. The first kappa shape index (κ1) is 22.6. The number of rotatable bonds is 8. The Morgan fingerprint density at radius 3 is 2.58 bits per heavy atom. The van der Waals surface area contributed by atoms with Gasteiger partial charge in [-0.3, -0.25) is 0 Å². The summed E-state index contributed by atoms with van der Waals surface area (Å²) in [6, 6.07) is 18.1. The van der Waals surface area contributed by atoms with Gasteiger partial charge in [0.15, 0.2) is 0 Å². The molecule has 31 heavy (non-hydrogen) atoms. The number of carbonyl (C=O) groups is 1. The Bertz CT molecular complexity index is 899. The van der Waals surface area contributed by atoms with Gasteiger partial charge in [-0.1, -0.05) is 12.1 Å². The molecular formula is C24H32N6O. The fourth-order valence-corrected chi connectivity index (χ4v) is 4.31. The van der Waals surface area contributed by atoms with E-state index in [9.17, 15) is 10.1 Å². The van der Waals surface area contributed by atoms with E-state index in [2.05, 4.69) is 34.2 Å². The zero-order chi connectivity index (χ0) is 22.2. The fraction of sp³-hybridized carbons (Fsp3) is 0.417. The van der Waals surface area contributed by atoms with Crippen molar-refractivity contribution >= 4 is 17.4 Å². The Labute approximate surface area is 184 Å². The molecule has 0 radical (unpaired) electrons. The summed E-state index contributed by atoms with van der Waals surface area (Å²) in [6.07, 6.45) is 3.14. The molecule has 2 aromatic rings. The molecule has 1 fully saturated rings. The highest BCUT2D eigenvalue weighted by Crippen LogP contribution is 2.28. The van der Waals surface area contributed by atoms with E-state index in [1.54, 1.807) is 0 Å². The van der Waals surface area contributed by atoms with E-state index in [-0.39, 0.29) is 0 Å². The number of hydrogen-bond donors (Lipinski definition) is 3. The van der Waals surface area contributed by atoms with Crippen molar-refractivity contribution in [2.75, 3.05) is 29.9 Å². The van der Waals surface area contributed by atoms with Crippen molar-refractivity contribution in [3.63, 3.8) is 0 Å². The maximum atomic E-state index is 11.1. The van der Waals surface area contributed by atoms with Gasteiger partial charge in [-0.2, -0.15) is 5.26 Å². The SMILES string of the molecule is CC(CCN)N1CCC(N(Cc2cccc(C#N)c2)c2ccc(NC(N)=O)cc2)CC1. The molecule has 7 heteroatoms. The average molecular weight is 421 g/mol. The summed E-state index contributed by atoms with van der Waals surface area (Å²) >= 11 is 0. The highest BCUT2D eigenvalue weighted by Gasteiger charge is 2.27. The second-order valence-electron chi connectivity index (χ2n) is 8.17. The number of primary amides is 1. The molecule has 7 nitrogen and oxygen atoms in total. The number of nitrogens with one attached hydrogen (secondary N) is 1. The summed E-state index contributed by atoms with van der Waals surface area (Å²) in [5.74, 6) is 0. The number of benzene rings is 2. The van der Waals surface area contributed by atoms with Crippen LogP contribution < -0.4 is 21.7 Å². The Kier molecular flexibility index (Phi) is 7.88.